The zero-order valence-electron chi connectivity index (χ0n) is 8.83. The summed E-state index contributed by atoms with van der Waals surface area (Å²) in [5, 5.41) is 18.3. The maximum atomic E-state index is 11.0. The van der Waals surface area contributed by atoms with Gasteiger partial charge in [0.15, 0.2) is 0 Å². The van der Waals surface area contributed by atoms with Crippen LogP contribution in [0, 0.1) is 0 Å². The van der Waals surface area contributed by atoms with Gasteiger partial charge < -0.3 is 15.1 Å². The monoisotopic (exact) mass is 222 g/mol. The molecule has 0 saturated carbocycles. The standard InChI is InChI=1S/C11H14N2O3/c14-7-8-3-2-6-13(8)10-9(11(15)16)4-1-5-12-10/h1,4-5,8,14H,2-3,6-7H2,(H,15,16)/t8-/m0/s1. The fourth-order valence-electron chi connectivity index (χ4n) is 2.10. The SMILES string of the molecule is O=C(O)c1cccnc1N1CCC[C@H]1CO. The van der Waals surface area contributed by atoms with Crippen molar-refractivity contribution in [3.8, 4) is 0 Å². The van der Waals surface area contributed by atoms with Crippen molar-refractivity contribution in [1.29, 1.82) is 0 Å². The van der Waals surface area contributed by atoms with Gasteiger partial charge in [-0.25, -0.2) is 9.78 Å². The van der Waals surface area contributed by atoms with Gasteiger partial charge in [-0.15, -0.1) is 0 Å². The van der Waals surface area contributed by atoms with E-state index in [4.69, 9.17) is 5.11 Å². The third kappa shape index (κ3) is 1.86. The molecule has 1 atom stereocenters. The zero-order chi connectivity index (χ0) is 11.5. The van der Waals surface area contributed by atoms with Gasteiger partial charge in [0.25, 0.3) is 0 Å². The van der Waals surface area contributed by atoms with Crippen LogP contribution >= 0.6 is 0 Å². The lowest BCUT2D eigenvalue weighted by Gasteiger charge is -2.25. The highest BCUT2D eigenvalue weighted by atomic mass is 16.4. The van der Waals surface area contributed by atoms with E-state index >= 15 is 0 Å². The highest BCUT2D eigenvalue weighted by Gasteiger charge is 2.27. The number of aromatic carboxylic acids is 1. The van der Waals surface area contributed by atoms with Crippen molar-refractivity contribution in [3.63, 3.8) is 0 Å². The number of carboxylic acids is 1. The summed E-state index contributed by atoms with van der Waals surface area (Å²) in [6.07, 6.45) is 3.42. The highest BCUT2D eigenvalue weighted by Crippen LogP contribution is 2.26. The molecule has 86 valence electrons. The first-order valence-electron chi connectivity index (χ1n) is 5.30. The van der Waals surface area contributed by atoms with Gasteiger partial charge in [0.1, 0.15) is 11.4 Å². The number of rotatable bonds is 3. The van der Waals surface area contributed by atoms with Crippen LogP contribution in [-0.2, 0) is 0 Å². The highest BCUT2D eigenvalue weighted by molar-refractivity contribution is 5.93. The molecule has 1 aromatic heterocycles. The van der Waals surface area contributed by atoms with Crippen molar-refractivity contribution in [2.24, 2.45) is 0 Å². The molecule has 0 radical (unpaired) electrons. The van der Waals surface area contributed by atoms with Gasteiger partial charge in [0, 0.05) is 12.7 Å². The summed E-state index contributed by atoms with van der Waals surface area (Å²) in [7, 11) is 0. The van der Waals surface area contributed by atoms with Gasteiger partial charge in [-0.2, -0.15) is 0 Å². The van der Waals surface area contributed by atoms with Crippen LogP contribution in [-0.4, -0.2) is 40.4 Å². The molecule has 2 heterocycles. The number of aliphatic hydroxyl groups excluding tert-OH is 1. The van der Waals surface area contributed by atoms with Gasteiger partial charge in [-0.1, -0.05) is 0 Å². The Morgan fingerprint density at radius 3 is 3.12 bits per heavy atom. The normalized spacial score (nSPS) is 20.1. The number of aliphatic hydroxyl groups is 1. The van der Waals surface area contributed by atoms with Crippen molar-refractivity contribution in [1.82, 2.24) is 4.98 Å². The van der Waals surface area contributed by atoms with E-state index in [1.165, 1.54) is 6.07 Å². The zero-order valence-corrected chi connectivity index (χ0v) is 8.83. The Hall–Kier alpha value is -1.62. The number of carboxylic acid groups (broad SMARTS) is 1. The van der Waals surface area contributed by atoms with Crippen LogP contribution in [0.3, 0.4) is 0 Å². The number of aromatic nitrogens is 1. The minimum atomic E-state index is -0.980. The molecule has 0 unspecified atom stereocenters. The number of hydrogen-bond donors (Lipinski definition) is 2. The fraction of sp³-hybridized carbons (Fsp3) is 0.455. The number of carbonyl (C=O) groups is 1. The van der Waals surface area contributed by atoms with E-state index in [1.807, 2.05) is 4.90 Å². The van der Waals surface area contributed by atoms with Gasteiger partial charge in [0.05, 0.1) is 12.6 Å². The number of anilines is 1. The summed E-state index contributed by atoms with van der Waals surface area (Å²) in [6, 6.07) is 3.14. The van der Waals surface area contributed by atoms with E-state index in [0.29, 0.717) is 5.82 Å². The second-order valence-corrected chi connectivity index (χ2v) is 3.85. The first kappa shape index (κ1) is 10.9. The summed E-state index contributed by atoms with van der Waals surface area (Å²) in [6.45, 7) is 0.790. The topological polar surface area (TPSA) is 73.7 Å². The van der Waals surface area contributed by atoms with Gasteiger partial charge in [0.2, 0.25) is 0 Å². The summed E-state index contributed by atoms with van der Waals surface area (Å²) >= 11 is 0. The molecule has 1 aliphatic rings. The minimum Gasteiger partial charge on any atom is -0.478 e. The second-order valence-electron chi connectivity index (χ2n) is 3.85. The third-order valence-corrected chi connectivity index (χ3v) is 2.88. The van der Waals surface area contributed by atoms with Crippen LogP contribution in [0.4, 0.5) is 5.82 Å². The van der Waals surface area contributed by atoms with Crippen LogP contribution in [0.25, 0.3) is 0 Å². The van der Waals surface area contributed by atoms with Crippen molar-refractivity contribution < 1.29 is 15.0 Å². The maximum Gasteiger partial charge on any atom is 0.339 e. The lowest BCUT2D eigenvalue weighted by molar-refractivity contribution is 0.0697. The Bertz CT molecular complexity index is 395. The Morgan fingerprint density at radius 1 is 1.62 bits per heavy atom. The molecule has 0 spiro atoms. The smallest absolute Gasteiger partial charge is 0.339 e. The van der Waals surface area contributed by atoms with E-state index in [1.54, 1.807) is 12.3 Å². The molecule has 0 aromatic carbocycles. The van der Waals surface area contributed by atoms with E-state index < -0.39 is 5.97 Å². The number of hydrogen-bond acceptors (Lipinski definition) is 4. The van der Waals surface area contributed by atoms with Gasteiger partial charge in [-0.05, 0) is 25.0 Å². The van der Waals surface area contributed by atoms with Crippen molar-refractivity contribution >= 4 is 11.8 Å². The van der Waals surface area contributed by atoms with Crippen LogP contribution in [0.1, 0.15) is 23.2 Å². The molecular weight excluding hydrogens is 208 g/mol. The Balaban J connectivity index is 2.35. The van der Waals surface area contributed by atoms with Crippen molar-refractivity contribution in [2.45, 2.75) is 18.9 Å². The van der Waals surface area contributed by atoms with E-state index in [9.17, 15) is 9.90 Å². The van der Waals surface area contributed by atoms with E-state index in [0.717, 1.165) is 19.4 Å². The first-order chi connectivity index (χ1) is 7.74. The van der Waals surface area contributed by atoms with Crippen LogP contribution < -0.4 is 4.90 Å². The molecule has 0 amide bonds. The van der Waals surface area contributed by atoms with Crippen molar-refractivity contribution in [3.05, 3.63) is 23.9 Å². The molecule has 16 heavy (non-hydrogen) atoms. The number of pyridine rings is 1. The fourth-order valence-corrected chi connectivity index (χ4v) is 2.10. The minimum absolute atomic E-state index is 0.00648. The van der Waals surface area contributed by atoms with Crippen LogP contribution in [0.2, 0.25) is 0 Å². The van der Waals surface area contributed by atoms with Gasteiger partial charge in [-0.3, -0.25) is 0 Å². The first-order valence-corrected chi connectivity index (χ1v) is 5.30. The Morgan fingerprint density at radius 2 is 2.44 bits per heavy atom. The molecular formula is C11H14N2O3. The Labute approximate surface area is 93.3 Å². The van der Waals surface area contributed by atoms with E-state index in [2.05, 4.69) is 4.98 Å². The quantitative estimate of drug-likeness (QED) is 0.789. The number of nitrogens with zero attached hydrogens (tertiary/aromatic N) is 2. The molecule has 5 nitrogen and oxygen atoms in total. The van der Waals surface area contributed by atoms with Crippen LogP contribution in [0.5, 0.6) is 0 Å². The average Bonchev–Trinajstić information content (AvgIpc) is 2.76. The molecule has 1 aromatic rings. The molecule has 1 fully saturated rings. The third-order valence-electron chi connectivity index (χ3n) is 2.88. The molecule has 1 saturated heterocycles. The average molecular weight is 222 g/mol. The predicted octanol–water partition coefficient (Wildman–Crippen LogP) is 0.741. The molecule has 2 N–H and O–H groups in total. The summed E-state index contributed by atoms with van der Waals surface area (Å²) in [4.78, 5) is 17.0. The summed E-state index contributed by atoms with van der Waals surface area (Å²) < 4.78 is 0. The molecule has 2 rings (SSSR count). The maximum absolute atomic E-state index is 11.0. The Kier molecular flexibility index (Phi) is 3.05. The molecule has 5 heteroatoms. The summed E-state index contributed by atoms with van der Waals surface area (Å²) in [5.74, 6) is -0.516. The molecule has 0 aliphatic carbocycles. The van der Waals surface area contributed by atoms with E-state index in [-0.39, 0.29) is 18.2 Å². The largest absolute Gasteiger partial charge is 0.478 e. The predicted molar refractivity (Wildman–Crippen MR) is 58.7 cm³/mol. The summed E-state index contributed by atoms with van der Waals surface area (Å²) in [5.41, 5.74) is 0.197. The van der Waals surface area contributed by atoms with Crippen molar-refractivity contribution in [2.75, 3.05) is 18.1 Å². The van der Waals surface area contributed by atoms with Crippen LogP contribution in [0.15, 0.2) is 18.3 Å². The second kappa shape index (κ2) is 4.49. The molecule has 1 aliphatic heterocycles. The lowest BCUT2D eigenvalue weighted by atomic mass is 10.2. The molecule has 0 bridgehead atoms. The van der Waals surface area contributed by atoms with Gasteiger partial charge >= 0.3 is 5.97 Å². The lowest BCUT2D eigenvalue weighted by Crippen LogP contribution is -2.33.